The van der Waals surface area contributed by atoms with Crippen LogP contribution in [0.25, 0.3) is 16.8 Å². The number of methoxy groups -OCH3 is 2. The minimum Gasteiger partial charge on any atom is -0.507 e. The van der Waals surface area contributed by atoms with Gasteiger partial charge >= 0.3 is 0 Å². The van der Waals surface area contributed by atoms with Crippen LogP contribution in [0.1, 0.15) is 48.1 Å². The van der Waals surface area contributed by atoms with Gasteiger partial charge in [0.25, 0.3) is 0 Å². The summed E-state index contributed by atoms with van der Waals surface area (Å²) in [6.45, 7) is 3.99. The Morgan fingerprint density at radius 2 is 2.04 bits per heavy atom. The first-order valence-electron chi connectivity index (χ1n) is 8.86. The molecule has 0 heterocycles. The van der Waals surface area contributed by atoms with Gasteiger partial charge in [-0.1, -0.05) is 12.2 Å². The number of phenols is 1. The van der Waals surface area contributed by atoms with Crippen LogP contribution in [-0.2, 0) is 11.2 Å². The van der Waals surface area contributed by atoms with Crippen molar-refractivity contribution >= 4 is 16.8 Å². The van der Waals surface area contributed by atoms with Gasteiger partial charge in [0.2, 0.25) is 0 Å². The van der Waals surface area contributed by atoms with E-state index in [0.29, 0.717) is 28.9 Å². The molecule has 1 atom stereocenters. The van der Waals surface area contributed by atoms with Crippen molar-refractivity contribution in [3.63, 3.8) is 0 Å². The molecule has 140 valence electrons. The molecule has 0 fully saturated rings. The number of fused-ring (bicyclic) bond motifs is 2. The first-order valence-corrected chi connectivity index (χ1v) is 8.86. The molecule has 1 aliphatic rings. The molecule has 0 bridgehead atoms. The maximum absolute atomic E-state index is 11.1. The number of aliphatic hydroxyl groups is 1. The Morgan fingerprint density at radius 1 is 1.27 bits per heavy atom. The van der Waals surface area contributed by atoms with Crippen LogP contribution in [0, 0.1) is 6.92 Å². The maximum Gasteiger partial charge on any atom is 0.188 e. The molecule has 0 spiro atoms. The SMILES string of the molecule is C/C=C/c1c(C)cc2c(OC)c3c(c(O)c2c1OCOC)C(O)CCC3. The van der Waals surface area contributed by atoms with Gasteiger partial charge in [0.05, 0.1) is 18.6 Å². The molecule has 2 aromatic carbocycles. The highest BCUT2D eigenvalue weighted by molar-refractivity contribution is 6.03. The zero-order valence-corrected chi connectivity index (χ0v) is 15.8. The molecule has 0 amide bonds. The van der Waals surface area contributed by atoms with Crippen LogP contribution in [0.4, 0.5) is 0 Å². The van der Waals surface area contributed by atoms with Gasteiger partial charge in [-0.2, -0.15) is 0 Å². The Labute approximate surface area is 153 Å². The number of phenolic OH excluding ortho intramolecular Hbond substituents is 1. The number of aryl methyl sites for hydroxylation is 1. The monoisotopic (exact) mass is 358 g/mol. The van der Waals surface area contributed by atoms with Crippen LogP contribution in [-0.4, -0.2) is 31.2 Å². The average molecular weight is 358 g/mol. The van der Waals surface area contributed by atoms with Crippen LogP contribution in [0.2, 0.25) is 0 Å². The predicted molar refractivity (Wildman–Crippen MR) is 102 cm³/mol. The summed E-state index contributed by atoms with van der Waals surface area (Å²) in [6, 6.07) is 2.00. The number of allylic oxidation sites excluding steroid dienone is 1. The van der Waals surface area contributed by atoms with Crippen molar-refractivity contribution in [3.8, 4) is 17.2 Å². The first kappa shape index (κ1) is 18.5. The Kier molecular flexibility index (Phi) is 5.39. The Balaban J connectivity index is 2.46. The van der Waals surface area contributed by atoms with E-state index in [0.717, 1.165) is 34.9 Å². The third-order valence-corrected chi connectivity index (χ3v) is 4.96. The summed E-state index contributed by atoms with van der Waals surface area (Å²) >= 11 is 0. The summed E-state index contributed by atoms with van der Waals surface area (Å²) in [5.41, 5.74) is 3.32. The standard InChI is InChI=1S/C21H26O5/c1-5-7-13-12(2)10-15-18(21(13)26-11-24-3)19(23)17-14(20(15)25-4)8-6-9-16(17)22/h5,7,10,16,22-23H,6,8-9,11H2,1-4H3/b7-5+. The zero-order chi connectivity index (χ0) is 18.8. The lowest BCUT2D eigenvalue weighted by molar-refractivity contribution is 0.0519. The summed E-state index contributed by atoms with van der Waals surface area (Å²) in [4.78, 5) is 0. The van der Waals surface area contributed by atoms with Gasteiger partial charge in [-0.25, -0.2) is 0 Å². The molecule has 1 aliphatic carbocycles. The maximum atomic E-state index is 11.1. The summed E-state index contributed by atoms with van der Waals surface area (Å²) in [5, 5.41) is 22.9. The van der Waals surface area contributed by atoms with Gasteiger partial charge < -0.3 is 24.4 Å². The van der Waals surface area contributed by atoms with E-state index in [1.807, 2.05) is 32.1 Å². The number of benzene rings is 2. The van der Waals surface area contributed by atoms with Crippen LogP contribution < -0.4 is 9.47 Å². The molecule has 3 rings (SSSR count). The van der Waals surface area contributed by atoms with Gasteiger partial charge in [0.1, 0.15) is 17.2 Å². The molecular formula is C21H26O5. The Bertz CT molecular complexity index is 854. The lowest BCUT2D eigenvalue weighted by atomic mass is 9.84. The highest BCUT2D eigenvalue weighted by atomic mass is 16.7. The van der Waals surface area contributed by atoms with E-state index in [1.165, 1.54) is 0 Å². The summed E-state index contributed by atoms with van der Waals surface area (Å²) in [5.74, 6) is 1.31. The van der Waals surface area contributed by atoms with E-state index in [-0.39, 0.29) is 12.5 Å². The van der Waals surface area contributed by atoms with E-state index in [9.17, 15) is 10.2 Å². The number of hydrogen-bond donors (Lipinski definition) is 2. The molecular weight excluding hydrogens is 332 g/mol. The first-order chi connectivity index (χ1) is 12.5. The second kappa shape index (κ2) is 7.56. The molecule has 0 saturated carbocycles. The quantitative estimate of drug-likeness (QED) is 0.782. The van der Waals surface area contributed by atoms with Crippen molar-refractivity contribution in [1.29, 1.82) is 0 Å². The highest BCUT2D eigenvalue weighted by Gasteiger charge is 2.30. The lowest BCUT2D eigenvalue weighted by Crippen LogP contribution is -2.12. The number of ether oxygens (including phenoxy) is 3. The van der Waals surface area contributed by atoms with Crippen molar-refractivity contribution in [1.82, 2.24) is 0 Å². The summed E-state index contributed by atoms with van der Waals surface area (Å²) in [7, 11) is 3.18. The molecule has 26 heavy (non-hydrogen) atoms. The highest BCUT2D eigenvalue weighted by Crippen LogP contribution is 2.51. The smallest absolute Gasteiger partial charge is 0.188 e. The summed E-state index contributed by atoms with van der Waals surface area (Å²) < 4.78 is 16.7. The van der Waals surface area contributed by atoms with E-state index < -0.39 is 6.10 Å². The molecule has 2 N–H and O–H groups in total. The zero-order valence-electron chi connectivity index (χ0n) is 15.8. The molecule has 0 radical (unpaired) electrons. The second-order valence-electron chi connectivity index (χ2n) is 6.59. The molecule has 1 unspecified atom stereocenters. The number of rotatable bonds is 5. The topological polar surface area (TPSA) is 68.2 Å². The van der Waals surface area contributed by atoms with Gasteiger partial charge in [0, 0.05) is 29.2 Å². The van der Waals surface area contributed by atoms with Gasteiger partial charge in [-0.3, -0.25) is 0 Å². The fourth-order valence-corrected chi connectivity index (χ4v) is 3.88. The van der Waals surface area contributed by atoms with Crippen molar-refractivity contribution < 1.29 is 24.4 Å². The average Bonchev–Trinajstić information content (AvgIpc) is 2.62. The Hall–Kier alpha value is -2.24. The molecule has 5 heteroatoms. The number of aliphatic hydroxyl groups excluding tert-OH is 1. The van der Waals surface area contributed by atoms with Gasteiger partial charge in [-0.05, 0) is 44.7 Å². The van der Waals surface area contributed by atoms with Gasteiger partial charge in [-0.15, -0.1) is 0 Å². The number of hydrogen-bond acceptors (Lipinski definition) is 5. The fourth-order valence-electron chi connectivity index (χ4n) is 3.88. The largest absolute Gasteiger partial charge is 0.507 e. The minimum absolute atomic E-state index is 0.0600. The molecule has 0 saturated heterocycles. The fraction of sp³-hybridized carbons (Fsp3) is 0.429. The second-order valence-corrected chi connectivity index (χ2v) is 6.59. The van der Waals surface area contributed by atoms with E-state index >= 15 is 0 Å². The Morgan fingerprint density at radius 3 is 2.69 bits per heavy atom. The van der Waals surface area contributed by atoms with Crippen LogP contribution in [0.5, 0.6) is 17.2 Å². The molecule has 0 aliphatic heterocycles. The van der Waals surface area contributed by atoms with E-state index in [2.05, 4.69) is 0 Å². The predicted octanol–water partition coefficient (Wildman–Crippen LogP) is 4.25. The van der Waals surface area contributed by atoms with E-state index in [4.69, 9.17) is 14.2 Å². The molecule has 0 aromatic heterocycles. The van der Waals surface area contributed by atoms with Crippen LogP contribution >= 0.6 is 0 Å². The van der Waals surface area contributed by atoms with Crippen molar-refractivity contribution in [3.05, 3.63) is 34.4 Å². The lowest BCUT2D eigenvalue weighted by Gasteiger charge is -2.27. The molecule has 5 nitrogen and oxygen atoms in total. The normalized spacial score (nSPS) is 16.9. The number of aromatic hydroxyl groups is 1. The summed E-state index contributed by atoms with van der Waals surface area (Å²) in [6.07, 6.45) is 5.41. The van der Waals surface area contributed by atoms with Gasteiger partial charge in [0.15, 0.2) is 6.79 Å². The molecule has 2 aromatic rings. The van der Waals surface area contributed by atoms with Crippen molar-refractivity contribution in [2.24, 2.45) is 0 Å². The van der Waals surface area contributed by atoms with Crippen LogP contribution in [0.3, 0.4) is 0 Å². The third kappa shape index (κ3) is 2.91. The third-order valence-electron chi connectivity index (χ3n) is 4.96. The van der Waals surface area contributed by atoms with Crippen molar-refractivity contribution in [2.75, 3.05) is 21.0 Å². The minimum atomic E-state index is -0.709. The van der Waals surface area contributed by atoms with Crippen LogP contribution in [0.15, 0.2) is 12.1 Å². The van der Waals surface area contributed by atoms with E-state index in [1.54, 1.807) is 14.2 Å². The van der Waals surface area contributed by atoms with Crippen molar-refractivity contribution in [2.45, 2.75) is 39.2 Å².